The predicted octanol–water partition coefficient (Wildman–Crippen LogP) is 1.39. The molecule has 1 aromatic rings. The minimum Gasteiger partial charge on any atom is -0.303 e. The van der Waals surface area contributed by atoms with Gasteiger partial charge in [0.2, 0.25) is 0 Å². The Bertz CT molecular complexity index is 296. The van der Waals surface area contributed by atoms with E-state index < -0.39 is 0 Å². The molecule has 0 N–H and O–H groups in total. The molecule has 0 saturated carbocycles. The number of hydrogen-bond donors (Lipinski definition) is 0. The monoisotopic (exact) mass is 207 g/mol. The topological polar surface area (TPSA) is 46.1 Å². The number of aromatic nitrogens is 2. The van der Waals surface area contributed by atoms with Crippen LogP contribution in [-0.4, -0.2) is 40.3 Å². The Hall–Kier alpha value is -1.29. The van der Waals surface area contributed by atoms with Crippen LogP contribution in [0.25, 0.3) is 0 Å². The smallest absolute Gasteiger partial charge is 0.184 e. The minimum absolute atomic E-state index is 0.0648. The van der Waals surface area contributed by atoms with Gasteiger partial charge in [-0.1, -0.05) is 13.8 Å². The van der Waals surface area contributed by atoms with Gasteiger partial charge in [-0.2, -0.15) is 0 Å². The molecule has 1 aromatic heterocycles. The highest BCUT2D eigenvalue weighted by Gasteiger charge is 2.08. The summed E-state index contributed by atoms with van der Waals surface area (Å²) in [4.78, 5) is 21.7. The molecule has 4 nitrogen and oxygen atoms in total. The van der Waals surface area contributed by atoms with E-state index in [1.807, 2.05) is 0 Å². The lowest BCUT2D eigenvalue weighted by molar-refractivity contribution is 0.0961. The van der Waals surface area contributed by atoms with Crippen LogP contribution < -0.4 is 0 Å². The summed E-state index contributed by atoms with van der Waals surface area (Å²) in [6, 6.07) is 0. The van der Waals surface area contributed by atoms with Crippen LogP contribution in [0.4, 0.5) is 0 Å². The second kappa shape index (κ2) is 6.24. The van der Waals surface area contributed by atoms with E-state index in [0.717, 1.165) is 19.6 Å². The molecule has 0 aromatic carbocycles. The van der Waals surface area contributed by atoms with Gasteiger partial charge in [-0.3, -0.25) is 9.78 Å². The van der Waals surface area contributed by atoms with Crippen molar-refractivity contribution >= 4 is 5.78 Å². The molecule has 0 aliphatic heterocycles. The first kappa shape index (κ1) is 11.8. The van der Waals surface area contributed by atoms with Crippen molar-refractivity contribution < 1.29 is 4.79 Å². The molecule has 4 heteroatoms. The van der Waals surface area contributed by atoms with Crippen molar-refractivity contribution in [3.8, 4) is 0 Å². The third-order valence-corrected chi connectivity index (χ3v) is 2.40. The van der Waals surface area contributed by atoms with Crippen molar-refractivity contribution in [1.82, 2.24) is 14.9 Å². The molecular weight excluding hydrogens is 190 g/mol. The quantitative estimate of drug-likeness (QED) is 0.661. The number of ketones is 1. The van der Waals surface area contributed by atoms with Gasteiger partial charge in [0.15, 0.2) is 5.78 Å². The average molecular weight is 207 g/mol. The summed E-state index contributed by atoms with van der Waals surface area (Å²) in [6.45, 7) is 6.93. The first-order valence-electron chi connectivity index (χ1n) is 5.29. The summed E-state index contributed by atoms with van der Waals surface area (Å²) < 4.78 is 0. The van der Waals surface area contributed by atoms with Gasteiger partial charge in [0.05, 0.1) is 6.20 Å². The van der Waals surface area contributed by atoms with Crippen LogP contribution in [0.15, 0.2) is 18.6 Å². The lowest BCUT2D eigenvalue weighted by Gasteiger charge is -2.16. The molecule has 0 amide bonds. The van der Waals surface area contributed by atoms with Gasteiger partial charge in [-0.25, -0.2) is 4.98 Å². The molecule has 0 fully saturated rings. The maximum absolute atomic E-state index is 11.7. The lowest BCUT2D eigenvalue weighted by atomic mass is 10.2. The number of carbonyl (C=O) groups excluding carboxylic acids is 1. The second-order valence-electron chi connectivity index (χ2n) is 3.29. The van der Waals surface area contributed by atoms with Crippen molar-refractivity contribution in [3.63, 3.8) is 0 Å². The number of hydrogen-bond acceptors (Lipinski definition) is 4. The maximum Gasteiger partial charge on any atom is 0.184 e. The van der Waals surface area contributed by atoms with E-state index in [1.54, 1.807) is 12.4 Å². The van der Waals surface area contributed by atoms with Crippen molar-refractivity contribution in [2.24, 2.45) is 0 Å². The second-order valence-corrected chi connectivity index (χ2v) is 3.29. The van der Waals surface area contributed by atoms with E-state index in [4.69, 9.17) is 0 Å². The predicted molar refractivity (Wildman–Crippen MR) is 58.8 cm³/mol. The Balaban J connectivity index is 2.43. The third-order valence-electron chi connectivity index (χ3n) is 2.40. The Morgan fingerprint density at radius 1 is 1.33 bits per heavy atom. The molecule has 82 valence electrons. The van der Waals surface area contributed by atoms with Crippen LogP contribution >= 0.6 is 0 Å². The van der Waals surface area contributed by atoms with Gasteiger partial charge in [0.1, 0.15) is 5.69 Å². The highest BCUT2D eigenvalue weighted by Crippen LogP contribution is 1.99. The van der Waals surface area contributed by atoms with Gasteiger partial charge in [-0.05, 0) is 13.1 Å². The maximum atomic E-state index is 11.7. The van der Waals surface area contributed by atoms with Crippen molar-refractivity contribution in [1.29, 1.82) is 0 Å². The molecule has 0 aliphatic carbocycles. The number of carbonyl (C=O) groups is 1. The Morgan fingerprint density at radius 2 is 2.07 bits per heavy atom. The summed E-state index contributed by atoms with van der Waals surface area (Å²) in [7, 11) is 0. The first-order chi connectivity index (χ1) is 7.27. The highest BCUT2D eigenvalue weighted by molar-refractivity contribution is 5.93. The van der Waals surface area contributed by atoms with Crippen molar-refractivity contribution in [2.75, 3.05) is 19.6 Å². The highest BCUT2D eigenvalue weighted by atomic mass is 16.1. The molecule has 0 unspecified atom stereocenters. The number of rotatable bonds is 6. The van der Waals surface area contributed by atoms with E-state index >= 15 is 0 Å². The molecule has 15 heavy (non-hydrogen) atoms. The minimum atomic E-state index is 0.0648. The summed E-state index contributed by atoms with van der Waals surface area (Å²) in [5.41, 5.74) is 0.463. The summed E-state index contributed by atoms with van der Waals surface area (Å²) in [5.74, 6) is 0.0648. The van der Waals surface area contributed by atoms with Gasteiger partial charge in [0, 0.05) is 25.4 Å². The van der Waals surface area contributed by atoms with Crippen LogP contribution in [-0.2, 0) is 0 Å². The standard InChI is InChI=1S/C11H17N3O/c1-3-14(4-2)8-5-11(15)10-9-12-6-7-13-10/h6-7,9H,3-5,8H2,1-2H3. The fraction of sp³-hybridized carbons (Fsp3) is 0.545. The molecular formula is C11H17N3O. The van der Waals surface area contributed by atoms with E-state index in [2.05, 4.69) is 28.7 Å². The molecule has 0 saturated heterocycles. The number of nitrogens with zero attached hydrogens (tertiary/aromatic N) is 3. The Labute approximate surface area is 90.3 Å². The molecule has 0 spiro atoms. The molecule has 1 rings (SSSR count). The molecule has 0 radical (unpaired) electrons. The van der Waals surface area contributed by atoms with Crippen LogP contribution in [0, 0.1) is 0 Å². The fourth-order valence-corrected chi connectivity index (χ4v) is 1.37. The molecule has 0 bridgehead atoms. The van der Waals surface area contributed by atoms with E-state index in [0.29, 0.717) is 12.1 Å². The first-order valence-corrected chi connectivity index (χ1v) is 5.29. The molecule has 1 heterocycles. The van der Waals surface area contributed by atoms with Gasteiger partial charge < -0.3 is 4.90 Å². The van der Waals surface area contributed by atoms with Crippen LogP contribution in [0.3, 0.4) is 0 Å². The SMILES string of the molecule is CCN(CC)CCC(=O)c1cnccn1. The van der Waals surface area contributed by atoms with E-state index in [9.17, 15) is 4.79 Å². The molecule has 0 atom stereocenters. The lowest BCUT2D eigenvalue weighted by Crippen LogP contribution is -2.25. The van der Waals surface area contributed by atoms with Gasteiger partial charge >= 0.3 is 0 Å². The summed E-state index contributed by atoms with van der Waals surface area (Å²) >= 11 is 0. The van der Waals surface area contributed by atoms with Crippen molar-refractivity contribution in [3.05, 3.63) is 24.3 Å². The van der Waals surface area contributed by atoms with Gasteiger partial charge in [-0.15, -0.1) is 0 Å². The van der Waals surface area contributed by atoms with Crippen molar-refractivity contribution in [2.45, 2.75) is 20.3 Å². The van der Waals surface area contributed by atoms with Crippen LogP contribution in [0.2, 0.25) is 0 Å². The van der Waals surface area contributed by atoms with Crippen LogP contribution in [0.1, 0.15) is 30.8 Å². The zero-order valence-electron chi connectivity index (χ0n) is 9.31. The van der Waals surface area contributed by atoms with Crippen LogP contribution in [0.5, 0.6) is 0 Å². The third kappa shape index (κ3) is 3.75. The Kier molecular flexibility index (Phi) is 4.90. The summed E-state index contributed by atoms with van der Waals surface area (Å²) in [5, 5.41) is 0. The average Bonchev–Trinajstić information content (AvgIpc) is 2.31. The normalized spacial score (nSPS) is 10.6. The molecule has 0 aliphatic rings. The Morgan fingerprint density at radius 3 is 2.60 bits per heavy atom. The summed E-state index contributed by atoms with van der Waals surface area (Å²) in [6.07, 6.45) is 5.15. The van der Waals surface area contributed by atoms with E-state index in [-0.39, 0.29) is 5.78 Å². The fourth-order valence-electron chi connectivity index (χ4n) is 1.37. The van der Waals surface area contributed by atoms with E-state index in [1.165, 1.54) is 6.20 Å². The zero-order valence-corrected chi connectivity index (χ0v) is 9.31. The number of Topliss-reactive ketones (excluding diaryl/α,β-unsaturated/α-hetero) is 1. The largest absolute Gasteiger partial charge is 0.303 e. The zero-order chi connectivity index (χ0) is 11.1. The van der Waals surface area contributed by atoms with Gasteiger partial charge in [0.25, 0.3) is 0 Å².